The van der Waals surface area contributed by atoms with Crippen LogP contribution in [-0.4, -0.2) is 49.0 Å². The highest BCUT2D eigenvalue weighted by atomic mass is 16.5. The van der Waals surface area contributed by atoms with Crippen molar-refractivity contribution in [2.24, 2.45) is 0 Å². The molecule has 4 rings (SSSR count). The maximum Gasteiger partial charge on any atom is 0.333 e. The van der Waals surface area contributed by atoms with Crippen LogP contribution in [0.2, 0.25) is 0 Å². The lowest BCUT2D eigenvalue weighted by atomic mass is 10.1. The molecule has 4 heterocycles. The topological polar surface area (TPSA) is 122 Å². The number of nitrogens with zero attached hydrogens (tertiary/aromatic N) is 6. The van der Waals surface area contributed by atoms with Gasteiger partial charge in [-0.2, -0.15) is 14.6 Å². The Morgan fingerprint density at radius 1 is 1.36 bits per heavy atom. The van der Waals surface area contributed by atoms with Gasteiger partial charge in [0, 0.05) is 6.42 Å². The number of hydrogen-bond acceptors (Lipinski definition) is 8. The minimum Gasteiger partial charge on any atom is -0.490 e. The number of carbonyl (C=O) groups is 1. The van der Waals surface area contributed by atoms with Crippen LogP contribution in [0.15, 0.2) is 12.3 Å². The van der Waals surface area contributed by atoms with Crippen LogP contribution < -0.4 is 5.73 Å². The van der Waals surface area contributed by atoms with E-state index in [9.17, 15) is 4.79 Å². The first-order chi connectivity index (χ1) is 11.9. The van der Waals surface area contributed by atoms with E-state index in [1.54, 1.807) is 20.0 Å². The molecule has 0 unspecified atom stereocenters. The zero-order valence-electron chi connectivity index (χ0n) is 14.1. The summed E-state index contributed by atoms with van der Waals surface area (Å²) in [5, 5.41) is 9.30. The van der Waals surface area contributed by atoms with Crippen LogP contribution in [0.25, 0.3) is 22.4 Å². The van der Waals surface area contributed by atoms with Crippen LogP contribution >= 0.6 is 0 Å². The van der Waals surface area contributed by atoms with Gasteiger partial charge in [-0.25, -0.2) is 14.5 Å². The van der Waals surface area contributed by atoms with Crippen LogP contribution in [0.3, 0.4) is 0 Å². The van der Waals surface area contributed by atoms with Gasteiger partial charge in [-0.15, -0.1) is 5.10 Å². The quantitative estimate of drug-likeness (QED) is 0.690. The smallest absolute Gasteiger partial charge is 0.333 e. The van der Waals surface area contributed by atoms with E-state index in [0.717, 1.165) is 6.42 Å². The SMILES string of the molecule is COC(=O)C(C)(C)n1ncc2c1nc(N)n1nc(C3=CCCO3)nc21. The summed E-state index contributed by atoms with van der Waals surface area (Å²) in [7, 11) is 1.33. The van der Waals surface area contributed by atoms with Gasteiger partial charge >= 0.3 is 5.97 Å². The van der Waals surface area contributed by atoms with Gasteiger partial charge in [0.2, 0.25) is 11.8 Å². The molecule has 0 spiro atoms. The van der Waals surface area contributed by atoms with Crippen molar-refractivity contribution in [3.63, 3.8) is 0 Å². The zero-order valence-corrected chi connectivity index (χ0v) is 14.1. The highest BCUT2D eigenvalue weighted by Crippen LogP contribution is 2.27. The molecule has 10 nitrogen and oxygen atoms in total. The minimum absolute atomic E-state index is 0.141. The predicted molar refractivity (Wildman–Crippen MR) is 88.4 cm³/mol. The number of hydrogen-bond donors (Lipinski definition) is 1. The largest absolute Gasteiger partial charge is 0.490 e. The van der Waals surface area contributed by atoms with Crippen molar-refractivity contribution < 1.29 is 14.3 Å². The Kier molecular flexibility index (Phi) is 3.17. The Labute approximate surface area is 142 Å². The number of esters is 1. The number of nitrogen functional groups attached to an aromatic ring is 1. The summed E-state index contributed by atoms with van der Waals surface area (Å²) in [5.74, 6) is 0.767. The molecule has 1 aliphatic rings. The standard InChI is InChI=1S/C15H17N7O3/c1-15(2,13(23)24-3)22-12-8(7-17-22)11-18-10(9-5-4-6-25-9)20-21(11)14(16)19-12/h5,7H,4,6H2,1-3H3,(H2,16,19). The van der Waals surface area contributed by atoms with Crippen molar-refractivity contribution >= 4 is 34.4 Å². The molecule has 0 atom stereocenters. The number of anilines is 1. The van der Waals surface area contributed by atoms with Crippen LogP contribution in [0.4, 0.5) is 5.95 Å². The summed E-state index contributed by atoms with van der Waals surface area (Å²) in [6, 6.07) is 0. The molecule has 0 fully saturated rings. The van der Waals surface area contributed by atoms with Gasteiger partial charge in [0.25, 0.3) is 0 Å². The van der Waals surface area contributed by atoms with Crippen LogP contribution in [0.1, 0.15) is 26.1 Å². The fraction of sp³-hybridized carbons (Fsp3) is 0.400. The second kappa shape index (κ2) is 5.16. The van der Waals surface area contributed by atoms with Crippen molar-refractivity contribution in [1.82, 2.24) is 29.4 Å². The van der Waals surface area contributed by atoms with Gasteiger partial charge in [0.05, 0.1) is 25.3 Å². The molecule has 25 heavy (non-hydrogen) atoms. The average molecular weight is 343 g/mol. The molecule has 0 aromatic carbocycles. The molecule has 0 bridgehead atoms. The third-order valence-electron chi connectivity index (χ3n) is 4.17. The normalized spacial score (nSPS) is 14.8. The van der Waals surface area contributed by atoms with Crippen molar-refractivity contribution in [2.75, 3.05) is 19.5 Å². The molecule has 3 aromatic heterocycles. The molecular weight excluding hydrogens is 326 g/mol. The fourth-order valence-electron chi connectivity index (χ4n) is 2.83. The minimum atomic E-state index is -1.05. The van der Waals surface area contributed by atoms with E-state index in [-0.39, 0.29) is 5.95 Å². The lowest BCUT2D eigenvalue weighted by Gasteiger charge is -2.22. The van der Waals surface area contributed by atoms with Crippen molar-refractivity contribution in [2.45, 2.75) is 25.8 Å². The van der Waals surface area contributed by atoms with E-state index in [1.165, 1.54) is 16.3 Å². The van der Waals surface area contributed by atoms with Gasteiger partial charge in [0.15, 0.2) is 22.6 Å². The van der Waals surface area contributed by atoms with Gasteiger partial charge in [0.1, 0.15) is 0 Å². The van der Waals surface area contributed by atoms with E-state index < -0.39 is 11.5 Å². The summed E-state index contributed by atoms with van der Waals surface area (Å²) < 4.78 is 13.3. The number of methoxy groups -OCH3 is 1. The van der Waals surface area contributed by atoms with Crippen molar-refractivity contribution in [1.29, 1.82) is 0 Å². The van der Waals surface area contributed by atoms with E-state index >= 15 is 0 Å². The summed E-state index contributed by atoms with van der Waals surface area (Å²) in [5.41, 5.74) is 5.93. The maximum absolute atomic E-state index is 12.1. The molecule has 10 heteroatoms. The number of fused-ring (bicyclic) bond motifs is 3. The molecule has 0 saturated heterocycles. The molecule has 0 amide bonds. The first-order valence-corrected chi connectivity index (χ1v) is 7.75. The maximum atomic E-state index is 12.1. The molecule has 130 valence electrons. The van der Waals surface area contributed by atoms with Crippen LogP contribution in [-0.2, 0) is 19.8 Å². The molecule has 1 aliphatic heterocycles. The number of ether oxygens (including phenoxy) is 2. The monoisotopic (exact) mass is 343 g/mol. The predicted octanol–water partition coefficient (Wildman–Crippen LogP) is 0.725. The lowest BCUT2D eigenvalue weighted by Crippen LogP contribution is -2.37. The Bertz CT molecular complexity index is 1030. The molecule has 0 radical (unpaired) electrons. The third kappa shape index (κ3) is 2.13. The second-order valence-corrected chi connectivity index (χ2v) is 6.19. The lowest BCUT2D eigenvalue weighted by molar-refractivity contribution is -0.149. The molecule has 0 saturated carbocycles. The number of nitrogens with two attached hydrogens (primary N) is 1. The number of aromatic nitrogens is 6. The Morgan fingerprint density at radius 2 is 2.16 bits per heavy atom. The highest BCUT2D eigenvalue weighted by Gasteiger charge is 2.34. The number of rotatable bonds is 3. The zero-order chi connectivity index (χ0) is 17.8. The van der Waals surface area contributed by atoms with E-state index in [1.807, 2.05) is 6.08 Å². The Hall–Kier alpha value is -3.17. The second-order valence-electron chi connectivity index (χ2n) is 6.19. The van der Waals surface area contributed by atoms with Crippen LogP contribution in [0.5, 0.6) is 0 Å². The van der Waals surface area contributed by atoms with Gasteiger partial charge in [-0.3, -0.25) is 0 Å². The van der Waals surface area contributed by atoms with Gasteiger partial charge in [-0.1, -0.05) is 0 Å². The molecule has 2 N–H and O–H groups in total. The molecular formula is C15H17N7O3. The summed E-state index contributed by atoms with van der Waals surface area (Å²) in [6.45, 7) is 4.00. The van der Waals surface area contributed by atoms with E-state index in [2.05, 4.69) is 20.2 Å². The van der Waals surface area contributed by atoms with Crippen molar-refractivity contribution in [3.8, 4) is 0 Å². The Balaban J connectivity index is 1.95. The third-order valence-corrected chi connectivity index (χ3v) is 4.17. The van der Waals surface area contributed by atoms with E-state index in [4.69, 9.17) is 15.2 Å². The summed E-state index contributed by atoms with van der Waals surface area (Å²) in [4.78, 5) is 21.0. The Morgan fingerprint density at radius 3 is 2.84 bits per heavy atom. The van der Waals surface area contributed by atoms with Crippen LogP contribution in [0, 0.1) is 0 Å². The highest BCUT2D eigenvalue weighted by molar-refractivity contribution is 5.91. The van der Waals surface area contributed by atoms with E-state index in [0.29, 0.717) is 34.9 Å². The molecule has 0 aliphatic carbocycles. The molecule has 3 aromatic rings. The average Bonchev–Trinajstić information content (AvgIpc) is 3.30. The number of carbonyl (C=O) groups excluding carboxylic acids is 1. The summed E-state index contributed by atoms with van der Waals surface area (Å²) in [6.07, 6.45) is 4.34. The van der Waals surface area contributed by atoms with Crippen molar-refractivity contribution in [3.05, 3.63) is 18.1 Å². The first kappa shape index (κ1) is 15.4. The first-order valence-electron chi connectivity index (χ1n) is 7.75. The van der Waals surface area contributed by atoms with Gasteiger partial charge in [-0.05, 0) is 19.9 Å². The fourth-order valence-corrected chi connectivity index (χ4v) is 2.83. The van der Waals surface area contributed by atoms with Gasteiger partial charge < -0.3 is 15.2 Å². The summed E-state index contributed by atoms with van der Waals surface area (Å²) >= 11 is 0.